The van der Waals surface area contributed by atoms with E-state index in [2.05, 4.69) is 27.1 Å². The monoisotopic (exact) mass is 399 g/mol. The van der Waals surface area contributed by atoms with Crippen molar-refractivity contribution in [1.29, 1.82) is 0 Å². The molecule has 24 heavy (non-hydrogen) atoms. The van der Waals surface area contributed by atoms with Crippen LogP contribution in [0.15, 0.2) is 18.3 Å². The van der Waals surface area contributed by atoms with Gasteiger partial charge in [-0.05, 0) is 27.0 Å². The molecule has 2 heterocycles. The lowest BCUT2D eigenvalue weighted by molar-refractivity contribution is -0.125. The lowest BCUT2D eigenvalue weighted by atomic mass is 10.1. The molecule has 1 saturated heterocycles. The van der Waals surface area contributed by atoms with Crippen molar-refractivity contribution in [3.63, 3.8) is 0 Å². The van der Waals surface area contributed by atoms with Gasteiger partial charge in [-0.25, -0.2) is 4.98 Å². The Hall–Kier alpha value is -0.790. The Morgan fingerprint density at radius 2 is 1.83 bits per heavy atom. The minimum Gasteiger partial charge on any atom is -0.354 e. The van der Waals surface area contributed by atoms with Gasteiger partial charge in [0.05, 0.1) is 5.54 Å². The van der Waals surface area contributed by atoms with E-state index >= 15 is 0 Å². The summed E-state index contributed by atoms with van der Waals surface area (Å²) >= 11 is 0. The van der Waals surface area contributed by atoms with Crippen LogP contribution in [-0.4, -0.2) is 54.6 Å². The molecular formula is C15H28Cl3N5O. The first-order valence-corrected chi connectivity index (χ1v) is 7.32. The van der Waals surface area contributed by atoms with Gasteiger partial charge in [-0.1, -0.05) is 6.07 Å². The van der Waals surface area contributed by atoms with Gasteiger partial charge in [0.25, 0.3) is 0 Å². The Kier molecular flexibility index (Phi) is 11.6. The minimum absolute atomic E-state index is 0. The van der Waals surface area contributed by atoms with Crippen molar-refractivity contribution < 1.29 is 4.79 Å². The first kappa shape index (κ1) is 25.5. The molecule has 0 unspecified atom stereocenters. The van der Waals surface area contributed by atoms with E-state index in [1.54, 1.807) is 20.0 Å². The molecule has 0 saturated carbocycles. The summed E-state index contributed by atoms with van der Waals surface area (Å²) in [7, 11) is 2.13. The zero-order valence-electron chi connectivity index (χ0n) is 14.3. The third-order valence-corrected chi connectivity index (χ3v) is 3.69. The molecule has 1 aliphatic heterocycles. The predicted molar refractivity (Wildman–Crippen MR) is 106 cm³/mol. The third kappa shape index (κ3) is 6.99. The first-order chi connectivity index (χ1) is 9.88. The van der Waals surface area contributed by atoms with Gasteiger partial charge < -0.3 is 20.9 Å². The van der Waals surface area contributed by atoms with Crippen LogP contribution in [0.2, 0.25) is 0 Å². The van der Waals surface area contributed by atoms with E-state index in [-0.39, 0.29) is 43.1 Å². The van der Waals surface area contributed by atoms with E-state index in [4.69, 9.17) is 5.73 Å². The summed E-state index contributed by atoms with van der Waals surface area (Å²) in [6.45, 7) is 7.82. The number of rotatable bonds is 4. The number of carbonyl (C=O) groups is 1. The first-order valence-electron chi connectivity index (χ1n) is 7.32. The van der Waals surface area contributed by atoms with E-state index in [0.717, 1.165) is 37.6 Å². The Bertz CT molecular complexity index is 502. The van der Waals surface area contributed by atoms with Gasteiger partial charge in [0.15, 0.2) is 0 Å². The molecule has 1 amide bonds. The standard InChI is InChI=1S/C15H25N5O.3ClH/c1-15(2,16)14(21)18-11-12-5-4-6-17-13(12)20-9-7-19(3)8-10-20;;;/h4-6H,7-11,16H2,1-3H3,(H,18,21);3*1H. The number of likely N-dealkylation sites (N-methyl/N-ethyl adjacent to an activating group) is 1. The van der Waals surface area contributed by atoms with Crippen LogP contribution >= 0.6 is 37.2 Å². The number of amides is 1. The van der Waals surface area contributed by atoms with Crippen LogP contribution in [0.25, 0.3) is 0 Å². The highest BCUT2D eigenvalue weighted by Gasteiger charge is 2.22. The number of carbonyl (C=O) groups excluding carboxylic acids is 1. The lowest BCUT2D eigenvalue weighted by Gasteiger charge is -2.34. The average Bonchev–Trinajstić information content (AvgIpc) is 2.45. The molecule has 1 aromatic heterocycles. The minimum atomic E-state index is -0.865. The maximum absolute atomic E-state index is 11.9. The maximum atomic E-state index is 11.9. The average molecular weight is 401 g/mol. The summed E-state index contributed by atoms with van der Waals surface area (Å²) in [4.78, 5) is 21.0. The number of nitrogens with two attached hydrogens (primary N) is 1. The quantitative estimate of drug-likeness (QED) is 0.800. The smallest absolute Gasteiger partial charge is 0.239 e. The molecular weight excluding hydrogens is 373 g/mol. The zero-order chi connectivity index (χ0) is 15.5. The molecule has 0 spiro atoms. The number of nitrogens with one attached hydrogen (secondary N) is 1. The van der Waals surface area contributed by atoms with E-state index < -0.39 is 5.54 Å². The molecule has 1 aliphatic rings. The number of anilines is 1. The van der Waals surface area contributed by atoms with E-state index in [1.165, 1.54) is 0 Å². The molecule has 0 aliphatic carbocycles. The van der Waals surface area contributed by atoms with Gasteiger partial charge in [-0.15, -0.1) is 37.2 Å². The topological polar surface area (TPSA) is 74.5 Å². The summed E-state index contributed by atoms with van der Waals surface area (Å²) in [6.07, 6.45) is 1.80. The van der Waals surface area contributed by atoms with Gasteiger partial charge >= 0.3 is 0 Å². The largest absolute Gasteiger partial charge is 0.354 e. The Balaban J connectivity index is 0. The zero-order valence-corrected chi connectivity index (χ0v) is 16.8. The molecule has 9 heteroatoms. The molecule has 6 nitrogen and oxygen atoms in total. The van der Waals surface area contributed by atoms with Crippen LogP contribution in [-0.2, 0) is 11.3 Å². The van der Waals surface area contributed by atoms with E-state index in [1.807, 2.05) is 12.1 Å². The van der Waals surface area contributed by atoms with Crippen molar-refractivity contribution in [2.75, 3.05) is 38.1 Å². The predicted octanol–water partition coefficient (Wildman–Crippen LogP) is 1.45. The van der Waals surface area contributed by atoms with Crippen molar-refractivity contribution in [3.05, 3.63) is 23.9 Å². The van der Waals surface area contributed by atoms with E-state index in [9.17, 15) is 4.79 Å². The van der Waals surface area contributed by atoms with Crippen LogP contribution in [0.3, 0.4) is 0 Å². The third-order valence-electron chi connectivity index (χ3n) is 3.69. The number of aromatic nitrogens is 1. The second-order valence-electron chi connectivity index (χ2n) is 6.18. The normalized spacial score (nSPS) is 14.8. The summed E-state index contributed by atoms with van der Waals surface area (Å²) < 4.78 is 0. The van der Waals surface area contributed by atoms with Crippen molar-refractivity contribution in [2.45, 2.75) is 25.9 Å². The fourth-order valence-electron chi connectivity index (χ4n) is 2.27. The number of hydrogen-bond acceptors (Lipinski definition) is 5. The van der Waals surface area contributed by atoms with Gasteiger partial charge in [0.2, 0.25) is 5.91 Å². The fourth-order valence-corrected chi connectivity index (χ4v) is 2.27. The highest BCUT2D eigenvalue weighted by molar-refractivity contribution is 5.86. The molecule has 3 N–H and O–H groups in total. The molecule has 1 aromatic rings. The number of halogens is 3. The lowest BCUT2D eigenvalue weighted by Crippen LogP contribution is -2.49. The van der Waals surface area contributed by atoms with Crippen LogP contribution in [0.1, 0.15) is 19.4 Å². The van der Waals surface area contributed by atoms with Crippen LogP contribution in [0.5, 0.6) is 0 Å². The number of hydrogen-bond donors (Lipinski definition) is 2. The van der Waals surface area contributed by atoms with Gasteiger partial charge in [0, 0.05) is 44.5 Å². The number of piperazine rings is 1. The van der Waals surface area contributed by atoms with Crippen LogP contribution in [0.4, 0.5) is 5.82 Å². The molecule has 1 fully saturated rings. The molecule has 0 radical (unpaired) electrons. The summed E-state index contributed by atoms with van der Waals surface area (Å²) in [5.41, 5.74) is 5.96. The molecule has 0 bridgehead atoms. The molecule has 140 valence electrons. The summed E-state index contributed by atoms with van der Waals surface area (Å²) in [6, 6.07) is 3.90. The van der Waals surface area contributed by atoms with E-state index in [0.29, 0.717) is 6.54 Å². The Morgan fingerprint density at radius 1 is 1.25 bits per heavy atom. The molecule has 0 atom stereocenters. The number of nitrogens with zero attached hydrogens (tertiary/aromatic N) is 3. The van der Waals surface area contributed by atoms with Crippen molar-refractivity contribution in [1.82, 2.24) is 15.2 Å². The van der Waals surface area contributed by atoms with Crippen molar-refractivity contribution >= 4 is 48.9 Å². The molecule has 0 aromatic carbocycles. The highest BCUT2D eigenvalue weighted by atomic mass is 35.5. The number of pyridine rings is 1. The van der Waals surface area contributed by atoms with Gasteiger partial charge in [-0.3, -0.25) is 4.79 Å². The van der Waals surface area contributed by atoms with Crippen LogP contribution < -0.4 is 16.0 Å². The fraction of sp³-hybridized carbons (Fsp3) is 0.600. The maximum Gasteiger partial charge on any atom is 0.239 e. The van der Waals surface area contributed by atoms with Crippen LogP contribution in [0, 0.1) is 0 Å². The van der Waals surface area contributed by atoms with Gasteiger partial charge in [0.1, 0.15) is 5.82 Å². The second kappa shape index (κ2) is 10.9. The Labute approximate surface area is 162 Å². The highest BCUT2D eigenvalue weighted by Crippen LogP contribution is 2.18. The Morgan fingerprint density at radius 3 is 2.38 bits per heavy atom. The van der Waals surface area contributed by atoms with Crippen molar-refractivity contribution in [3.8, 4) is 0 Å². The SMILES string of the molecule is CN1CCN(c2ncccc2CNC(=O)C(C)(C)N)CC1.Cl.Cl.Cl. The van der Waals surface area contributed by atoms with Crippen molar-refractivity contribution in [2.24, 2.45) is 5.73 Å². The summed E-state index contributed by atoms with van der Waals surface area (Å²) in [5, 5.41) is 2.89. The molecule has 2 rings (SSSR count). The summed E-state index contributed by atoms with van der Waals surface area (Å²) in [5.74, 6) is 0.802. The van der Waals surface area contributed by atoms with Gasteiger partial charge in [-0.2, -0.15) is 0 Å². The second-order valence-corrected chi connectivity index (χ2v) is 6.18.